The average molecular weight is 407 g/mol. The molecule has 1 aliphatic rings. The van der Waals surface area contributed by atoms with Gasteiger partial charge < -0.3 is 29.7 Å². The topological polar surface area (TPSA) is 67.3 Å². The molecule has 0 unspecified atom stereocenters. The van der Waals surface area contributed by atoms with Crippen LogP contribution in [0.1, 0.15) is 31.7 Å². The SMILES string of the molecule is CCOCCCNC(=NCc1ccc(OC)cc1)NCC1(N(C)C)CCOCC1. The molecule has 1 heterocycles. The predicted octanol–water partition coefficient (Wildman–Crippen LogP) is 2.27. The van der Waals surface area contributed by atoms with Crippen LogP contribution in [-0.4, -0.2) is 77.1 Å². The van der Waals surface area contributed by atoms with E-state index in [0.29, 0.717) is 6.54 Å². The van der Waals surface area contributed by atoms with E-state index in [-0.39, 0.29) is 5.54 Å². The Balaban J connectivity index is 1.98. The Morgan fingerprint density at radius 1 is 1.17 bits per heavy atom. The maximum absolute atomic E-state index is 5.58. The molecule has 0 saturated carbocycles. The number of rotatable bonds is 11. The summed E-state index contributed by atoms with van der Waals surface area (Å²) in [6.45, 7) is 7.42. The highest BCUT2D eigenvalue weighted by Crippen LogP contribution is 2.25. The normalized spacial score (nSPS) is 16.7. The summed E-state index contributed by atoms with van der Waals surface area (Å²) in [6, 6.07) is 8.04. The first kappa shape index (κ1) is 23.4. The second kappa shape index (κ2) is 12.7. The zero-order chi connectivity index (χ0) is 21.0. The maximum atomic E-state index is 5.58. The van der Waals surface area contributed by atoms with E-state index in [1.807, 2.05) is 19.1 Å². The highest BCUT2D eigenvalue weighted by atomic mass is 16.5. The van der Waals surface area contributed by atoms with Crippen molar-refractivity contribution >= 4 is 5.96 Å². The summed E-state index contributed by atoms with van der Waals surface area (Å²) in [6.07, 6.45) is 2.98. The quantitative estimate of drug-likeness (QED) is 0.334. The highest BCUT2D eigenvalue weighted by molar-refractivity contribution is 5.79. The lowest BCUT2D eigenvalue weighted by Crippen LogP contribution is -2.57. The molecule has 164 valence electrons. The summed E-state index contributed by atoms with van der Waals surface area (Å²) in [4.78, 5) is 7.12. The van der Waals surface area contributed by atoms with Crippen LogP contribution in [0.25, 0.3) is 0 Å². The van der Waals surface area contributed by atoms with E-state index in [1.165, 1.54) is 0 Å². The Labute approximate surface area is 175 Å². The zero-order valence-corrected chi connectivity index (χ0v) is 18.5. The molecule has 0 amide bonds. The first-order valence-corrected chi connectivity index (χ1v) is 10.6. The van der Waals surface area contributed by atoms with Gasteiger partial charge in [-0.2, -0.15) is 0 Å². The second-order valence-corrected chi connectivity index (χ2v) is 7.57. The Bertz CT molecular complexity index is 599. The van der Waals surface area contributed by atoms with Gasteiger partial charge in [0.2, 0.25) is 0 Å². The molecule has 2 N–H and O–H groups in total. The monoisotopic (exact) mass is 406 g/mol. The van der Waals surface area contributed by atoms with Gasteiger partial charge in [0.15, 0.2) is 5.96 Å². The van der Waals surface area contributed by atoms with Gasteiger partial charge in [0.1, 0.15) is 5.75 Å². The molecule has 0 aliphatic carbocycles. The summed E-state index contributed by atoms with van der Waals surface area (Å²) >= 11 is 0. The number of aliphatic imine (C=N–C) groups is 1. The third-order valence-electron chi connectivity index (χ3n) is 5.50. The number of methoxy groups -OCH3 is 1. The molecule has 7 heteroatoms. The lowest BCUT2D eigenvalue weighted by molar-refractivity contribution is -0.00502. The van der Waals surface area contributed by atoms with Crippen LogP contribution in [0.5, 0.6) is 5.75 Å². The molecular weight excluding hydrogens is 368 g/mol. The van der Waals surface area contributed by atoms with E-state index in [9.17, 15) is 0 Å². The molecule has 1 fully saturated rings. The fourth-order valence-corrected chi connectivity index (χ4v) is 3.38. The molecule has 0 spiro atoms. The van der Waals surface area contributed by atoms with Crippen LogP contribution >= 0.6 is 0 Å². The molecule has 7 nitrogen and oxygen atoms in total. The summed E-state index contributed by atoms with van der Waals surface area (Å²) in [7, 11) is 5.98. The van der Waals surface area contributed by atoms with Crippen LogP contribution in [0.4, 0.5) is 0 Å². The van der Waals surface area contributed by atoms with Gasteiger partial charge in [0, 0.05) is 45.1 Å². The van der Waals surface area contributed by atoms with Crippen molar-refractivity contribution in [1.82, 2.24) is 15.5 Å². The minimum absolute atomic E-state index is 0.0894. The van der Waals surface area contributed by atoms with Gasteiger partial charge in [-0.05, 0) is 58.0 Å². The van der Waals surface area contributed by atoms with Crippen LogP contribution in [0.3, 0.4) is 0 Å². The zero-order valence-electron chi connectivity index (χ0n) is 18.5. The van der Waals surface area contributed by atoms with Crippen LogP contribution in [-0.2, 0) is 16.0 Å². The summed E-state index contributed by atoms with van der Waals surface area (Å²) in [5.41, 5.74) is 1.24. The molecule has 1 aromatic carbocycles. The van der Waals surface area contributed by atoms with E-state index in [1.54, 1.807) is 7.11 Å². The van der Waals surface area contributed by atoms with Gasteiger partial charge in [0.25, 0.3) is 0 Å². The van der Waals surface area contributed by atoms with Gasteiger partial charge in [-0.3, -0.25) is 0 Å². The summed E-state index contributed by atoms with van der Waals surface area (Å²) in [5, 5.41) is 7.02. The summed E-state index contributed by atoms with van der Waals surface area (Å²) in [5.74, 6) is 1.70. The standard InChI is InChI=1S/C22H38N4O3/c1-5-28-14-6-13-23-21(24-17-19-7-9-20(27-4)10-8-19)25-18-22(26(2)3)11-15-29-16-12-22/h7-10H,5-6,11-18H2,1-4H3,(H2,23,24,25). The van der Waals surface area contributed by atoms with Crippen molar-refractivity contribution in [3.63, 3.8) is 0 Å². The molecule has 29 heavy (non-hydrogen) atoms. The molecule has 1 aliphatic heterocycles. The number of nitrogens with one attached hydrogen (secondary N) is 2. The molecule has 0 atom stereocenters. The largest absolute Gasteiger partial charge is 0.497 e. The average Bonchev–Trinajstić information content (AvgIpc) is 2.75. The van der Waals surface area contributed by atoms with Crippen molar-refractivity contribution in [2.24, 2.45) is 4.99 Å². The molecule has 1 aromatic rings. The number of ether oxygens (including phenoxy) is 3. The molecular formula is C22H38N4O3. The molecule has 0 radical (unpaired) electrons. The first-order chi connectivity index (χ1) is 14.1. The number of hydrogen-bond acceptors (Lipinski definition) is 5. The first-order valence-electron chi connectivity index (χ1n) is 10.6. The van der Waals surface area contributed by atoms with Crippen LogP contribution < -0.4 is 15.4 Å². The number of nitrogens with zero attached hydrogens (tertiary/aromatic N) is 2. The Kier molecular flexibility index (Phi) is 10.2. The van der Waals surface area contributed by atoms with E-state index in [0.717, 1.165) is 76.1 Å². The van der Waals surface area contributed by atoms with Crippen molar-refractivity contribution in [2.45, 2.75) is 38.3 Å². The molecule has 1 saturated heterocycles. The number of benzene rings is 1. The third-order valence-corrected chi connectivity index (χ3v) is 5.50. The minimum Gasteiger partial charge on any atom is -0.497 e. The van der Waals surface area contributed by atoms with Crippen LogP contribution in [0.2, 0.25) is 0 Å². The molecule has 0 aromatic heterocycles. The summed E-state index contributed by atoms with van der Waals surface area (Å²) < 4.78 is 16.3. The van der Waals surface area contributed by atoms with Gasteiger partial charge in [-0.1, -0.05) is 12.1 Å². The van der Waals surface area contributed by atoms with Crippen LogP contribution in [0, 0.1) is 0 Å². The van der Waals surface area contributed by atoms with Gasteiger partial charge in [-0.25, -0.2) is 4.99 Å². The fourth-order valence-electron chi connectivity index (χ4n) is 3.38. The van der Waals surface area contributed by atoms with E-state index < -0.39 is 0 Å². The Morgan fingerprint density at radius 2 is 1.90 bits per heavy atom. The van der Waals surface area contributed by atoms with Crippen molar-refractivity contribution in [2.75, 3.05) is 60.7 Å². The van der Waals surface area contributed by atoms with E-state index in [4.69, 9.17) is 19.2 Å². The number of hydrogen-bond donors (Lipinski definition) is 2. The van der Waals surface area contributed by atoms with E-state index >= 15 is 0 Å². The molecule has 2 rings (SSSR count). The van der Waals surface area contributed by atoms with E-state index in [2.05, 4.69) is 41.8 Å². The van der Waals surface area contributed by atoms with Gasteiger partial charge in [0.05, 0.1) is 13.7 Å². The lowest BCUT2D eigenvalue weighted by atomic mass is 9.88. The number of likely N-dealkylation sites (N-methyl/N-ethyl adjacent to an activating group) is 1. The highest BCUT2D eigenvalue weighted by Gasteiger charge is 2.34. The second-order valence-electron chi connectivity index (χ2n) is 7.57. The number of guanidine groups is 1. The van der Waals surface area contributed by atoms with Crippen molar-refractivity contribution in [1.29, 1.82) is 0 Å². The van der Waals surface area contributed by atoms with Crippen molar-refractivity contribution in [3.05, 3.63) is 29.8 Å². The third kappa shape index (κ3) is 7.84. The lowest BCUT2D eigenvalue weighted by Gasteiger charge is -2.43. The Hall–Kier alpha value is -1.83. The van der Waals surface area contributed by atoms with Gasteiger partial charge in [-0.15, -0.1) is 0 Å². The minimum atomic E-state index is 0.0894. The smallest absolute Gasteiger partial charge is 0.191 e. The van der Waals surface area contributed by atoms with Crippen LogP contribution in [0.15, 0.2) is 29.3 Å². The van der Waals surface area contributed by atoms with Crippen molar-refractivity contribution in [3.8, 4) is 5.75 Å². The van der Waals surface area contributed by atoms with Crippen molar-refractivity contribution < 1.29 is 14.2 Å². The maximum Gasteiger partial charge on any atom is 0.191 e. The molecule has 0 bridgehead atoms. The predicted molar refractivity (Wildman–Crippen MR) is 118 cm³/mol. The van der Waals surface area contributed by atoms with Gasteiger partial charge >= 0.3 is 0 Å². The fraction of sp³-hybridized carbons (Fsp3) is 0.682. The Morgan fingerprint density at radius 3 is 2.52 bits per heavy atom.